The number of hydrogen-bond donors (Lipinski definition) is 2. The van der Waals surface area contributed by atoms with Crippen molar-refractivity contribution in [2.75, 3.05) is 20.7 Å². The molecule has 2 amide bonds. The van der Waals surface area contributed by atoms with Gasteiger partial charge in [0.25, 0.3) is 0 Å². The minimum Gasteiger partial charge on any atom is -0.394 e. The van der Waals surface area contributed by atoms with E-state index >= 15 is 0 Å². The van der Waals surface area contributed by atoms with Crippen LogP contribution in [-0.2, 0) is 0 Å². The van der Waals surface area contributed by atoms with Crippen LogP contribution in [0.15, 0.2) is 0 Å². The molecule has 4 nitrogen and oxygen atoms in total. The van der Waals surface area contributed by atoms with E-state index in [-0.39, 0.29) is 18.7 Å². The second kappa shape index (κ2) is 4.96. The maximum absolute atomic E-state index is 11.0. The Kier molecular flexibility index (Phi) is 4.61. The number of amides is 2. The molecular weight excluding hydrogens is 144 g/mol. The molecule has 0 heterocycles. The van der Waals surface area contributed by atoms with Crippen molar-refractivity contribution in [3.63, 3.8) is 0 Å². The van der Waals surface area contributed by atoms with E-state index < -0.39 is 0 Å². The summed E-state index contributed by atoms with van der Waals surface area (Å²) < 4.78 is 0. The number of hydrogen-bond acceptors (Lipinski definition) is 2. The molecule has 0 aliphatic rings. The normalized spacial score (nSPS) is 12.4. The Hall–Kier alpha value is -0.770. The molecule has 0 fully saturated rings. The van der Waals surface area contributed by atoms with E-state index in [1.807, 2.05) is 6.92 Å². The molecule has 0 radical (unpaired) electrons. The maximum Gasteiger partial charge on any atom is 0.317 e. The van der Waals surface area contributed by atoms with Gasteiger partial charge in [0.05, 0.1) is 12.6 Å². The standard InChI is InChI=1S/C7H16N2O2/c1-4-6(5-10)8-7(11)9(2)3/h6,10H,4-5H2,1-3H3,(H,8,11). The molecule has 0 aliphatic heterocycles. The lowest BCUT2D eigenvalue weighted by Crippen LogP contribution is -2.42. The van der Waals surface area contributed by atoms with Gasteiger partial charge in [-0.15, -0.1) is 0 Å². The molecule has 0 saturated heterocycles. The maximum atomic E-state index is 11.0. The van der Waals surface area contributed by atoms with Crippen LogP contribution in [0.4, 0.5) is 4.79 Å². The van der Waals surface area contributed by atoms with Gasteiger partial charge in [-0.25, -0.2) is 4.79 Å². The molecule has 66 valence electrons. The third-order valence-electron chi connectivity index (χ3n) is 1.45. The van der Waals surface area contributed by atoms with Crippen molar-refractivity contribution in [3.8, 4) is 0 Å². The second-order valence-corrected chi connectivity index (χ2v) is 2.63. The summed E-state index contributed by atoms with van der Waals surface area (Å²) in [5, 5.41) is 11.4. The quantitative estimate of drug-likeness (QED) is 0.612. The van der Waals surface area contributed by atoms with Crippen LogP contribution in [0.25, 0.3) is 0 Å². The van der Waals surface area contributed by atoms with Crippen LogP contribution >= 0.6 is 0 Å². The van der Waals surface area contributed by atoms with Crippen molar-refractivity contribution in [2.45, 2.75) is 19.4 Å². The Morgan fingerprint density at radius 3 is 2.45 bits per heavy atom. The van der Waals surface area contributed by atoms with Crippen LogP contribution in [0.1, 0.15) is 13.3 Å². The van der Waals surface area contributed by atoms with Gasteiger partial charge in [-0.3, -0.25) is 0 Å². The van der Waals surface area contributed by atoms with Gasteiger partial charge in [0.15, 0.2) is 0 Å². The topological polar surface area (TPSA) is 52.6 Å². The van der Waals surface area contributed by atoms with Crippen LogP contribution < -0.4 is 5.32 Å². The van der Waals surface area contributed by atoms with Crippen molar-refractivity contribution >= 4 is 6.03 Å². The summed E-state index contributed by atoms with van der Waals surface area (Å²) in [6, 6.07) is -0.282. The van der Waals surface area contributed by atoms with Gasteiger partial charge >= 0.3 is 6.03 Å². The molecule has 0 aliphatic carbocycles. The van der Waals surface area contributed by atoms with Crippen molar-refractivity contribution in [2.24, 2.45) is 0 Å². The average Bonchev–Trinajstić information content (AvgIpc) is 1.99. The molecule has 0 aromatic carbocycles. The highest BCUT2D eigenvalue weighted by Gasteiger charge is 2.09. The Labute approximate surface area is 67.2 Å². The van der Waals surface area contributed by atoms with E-state index in [9.17, 15) is 4.79 Å². The highest BCUT2D eigenvalue weighted by atomic mass is 16.3. The van der Waals surface area contributed by atoms with Gasteiger partial charge in [0.1, 0.15) is 0 Å². The lowest BCUT2D eigenvalue weighted by molar-refractivity contribution is 0.196. The number of nitrogens with zero attached hydrogens (tertiary/aromatic N) is 1. The third-order valence-corrected chi connectivity index (χ3v) is 1.45. The van der Waals surface area contributed by atoms with Gasteiger partial charge in [-0.2, -0.15) is 0 Å². The van der Waals surface area contributed by atoms with E-state index in [1.54, 1.807) is 14.1 Å². The van der Waals surface area contributed by atoms with E-state index in [2.05, 4.69) is 5.32 Å². The number of nitrogens with one attached hydrogen (secondary N) is 1. The molecule has 0 aromatic heterocycles. The van der Waals surface area contributed by atoms with Crippen molar-refractivity contribution in [1.82, 2.24) is 10.2 Å². The van der Waals surface area contributed by atoms with E-state index in [0.717, 1.165) is 6.42 Å². The minimum absolute atomic E-state index is 0.00389. The molecule has 0 spiro atoms. The summed E-state index contributed by atoms with van der Waals surface area (Å²) >= 11 is 0. The lowest BCUT2D eigenvalue weighted by Gasteiger charge is -2.17. The fourth-order valence-electron chi connectivity index (χ4n) is 0.581. The van der Waals surface area contributed by atoms with Crippen LogP contribution in [0, 0.1) is 0 Å². The average molecular weight is 160 g/mol. The van der Waals surface area contributed by atoms with Crippen molar-refractivity contribution in [1.29, 1.82) is 0 Å². The van der Waals surface area contributed by atoms with Crippen LogP contribution in [-0.4, -0.2) is 42.8 Å². The Morgan fingerprint density at radius 2 is 2.18 bits per heavy atom. The van der Waals surface area contributed by atoms with E-state index in [1.165, 1.54) is 4.90 Å². The Morgan fingerprint density at radius 1 is 1.64 bits per heavy atom. The smallest absolute Gasteiger partial charge is 0.317 e. The molecule has 1 atom stereocenters. The summed E-state index contributed by atoms with van der Waals surface area (Å²) in [4.78, 5) is 12.4. The SMILES string of the molecule is CCC(CO)NC(=O)N(C)C. The molecule has 0 rings (SSSR count). The monoisotopic (exact) mass is 160 g/mol. The lowest BCUT2D eigenvalue weighted by atomic mass is 10.2. The summed E-state index contributed by atoms with van der Waals surface area (Å²) in [6.45, 7) is 1.91. The van der Waals surface area contributed by atoms with Gasteiger partial charge in [0.2, 0.25) is 0 Å². The number of carbonyl (C=O) groups excluding carboxylic acids is 1. The Balaban J connectivity index is 3.72. The zero-order valence-corrected chi connectivity index (χ0v) is 7.29. The number of aliphatic hydroxyl groups is 1. The van der Waals surface area contributed by atoms with Crippen molar-refractivity contribution < 1.29 is 9.90 Å². The molecule has 0 bridgehead atoms. The molecular formula is C7H16N2O2. The molecule has 0 saturated carbocycles. The highest BCUT2D eigenvalue weighted by molar-refractivity contribution is 5.73. The first kappa shape index (κ1) is 10.2. The van der Waals surface area contributed by atoms with Gasteiger partial charge in [-0.1, -0.05) is 6.92 Å². The molecule has 1 unspecified atom stereocenters. The summed E-state index contributed by atoms with van der Waals surface area (Å²) in [6.07, 6.45) is 0.746. The summed E-state index contributed by atoms with van der Waals surface area (Å²) in [7, 11) is 3.33. The minimum atomic E-state index is -0.161. The zero-order chi connectivity index (χ0) is 8.85. The Bertz CT molecular complexity index is 122. The van der Waals surface area contributed by atoms with Gasteiger partial charge < -0.3 is 15.3 Å². The first-order valence-corrected chi connectivity index (χ1v) is 3.70. The fourth-order valence-corrected chi connectivity index (χ4v) is 0.581. The summed E-state index contributed by atoms with van der Waals surface area (Å²) in [5.41, 5.74) is 0. The zero-order valence-electron chi connectivity index (χ0n) is 7.29. The third kappa shape index (κ3) is 3.83. The van der Waals surface area contributed by atoms with Crippen LogP contribution in [0.3, 0.4) is 0 Å². The molecule has 2 N–H and O–H groups in total. The van der Waals surface area contributed by atoms with Crippen LogP contribution in [0.5, 0.6) is 0 Å². The number of urea groups is 1. The first-order chi connectivity index (χ1) is 5.11. The summed E-state index contributed by atoms with van der Waals surface area (Å²) in [5.74, 6) is 0. The number of carbonyl (C=O) groups is 1. The first-order valence-electron chi connectivity index (χ1n) is 3.70. The van der Waals surface area contributed by atoms with E-state index in [0.29, 0.717) is 0 Å². The molecule has 0 aromatic rings. The van der Waals surface area contributed by atoms with Gasteiger partial charge in [0, 0.05) is 14.1 Å². The van der Waals surface area contributed by atoms with Crippen molar-refractivity contribution in [3.05, 3.63) is 0 Å². The second-order valence-electron chi connectivity index (χ2n) is 2.63. The van der Waals surface area contributed by atoms with E-state index in [4.69, 9.17) is 5.11 Å². The largest absolute Gasteiger partial charge is 0.394 e. The highest BCUT2D eigenvalue weighted by Crippen LogP contribution is 1.89. The molecule has 11 heavy (non-hydrogen) atoms. The molecule has 4 heteroatoms. The number of rotatable bonds is 3. The van der Waals surface area contributed by atoms with Crippen LogP contribution in [0.2, 0.25) is 0 Å². The predicted octanol–water partition coefficient (Wildman–Crippen LogP) is 0.0285. The predicted molar refractivity (Wildman–Crippen MR) is 43.4 cm³/mol. The van der Waals surface area contributed by atoms with Gasteiger partial charge in [-0.05, 0) is 6.42 Å². The number of aliphatic hydroxyl groups excluding tert-OH is 1. The fraction of sp³-hybridized carbons (Fsp3) is 0.857.